The Morgan fingerprint density at radius 1 is 1.23 bits per heavy atom. The highest BCUT2D eigenvalue weighted by molar-refractivity contribution is 5.89. The van der Waals surface area contributed by atoms with Gasteiger partial charge < -0.3 is 20.1 Å². The Hall–Kier alpha value is -2.25. The van der Waals surface area contributed by atoms with Gasteiger partial charge in [-0.2, -0.15) is 0 Å². The van der Waals surface area contributed by atoms with E-state index >= 15 is 0 Å². The minimum atomic E-state index is -1.42. The quantitative estimate of drug-likeness (QED) is 0.411. The highest BCUT2D eigenvalue weighted by Gasteiger charge is 2.42. The molecule has 0 aromatic heterocycles. The molecule has 0 spiro atoms. The number of benzene rings is 1. The Labute approximate surface area is 127 Å². The number of aliphatic hydroxyl groups excluding tert-OH is 3. The van der Waals surface area contributed by atoms with Crippen molar-refractivity contribution in [3.05, 3.63) is 41.3 Å². The molecule has 1 aromatic carbocycles. The fourth-order valence-electron chi connectivity index (χ4n) is 1.90. The van der Waals surface area contributed by atoms with Crippen LogP contribution in [0.4, 0.5) is 0 Å². The summed E-state index contributed by atoms with van der Waals surface area (Å²) in [5.74, 6) is -1.50. The Balaban J connectivity index is 2.06. The van der Waals surface area contributed by atoms with E-state index in [9.17, 15) is 15.0 Å². The Kier molecular flexibility index (Phi) is 4.89. The predicted octanol–water partition coefficient (Wildman–Crippen LogP) is 1.17. The van der Waals surface area contributed by atoms with E-state index in [1.165, 1.54) is 0 Å². The van der Waals surface area contributed by atoms with Gasteiger partial charge in [-0.25, -0.2) is 4.79 Å². The number of cyclic esters (lactones) is 1. The summed E-state index contributed by atoms with van der Waals surface area (Å²) in [4.78, 5) is 21.2. The van der Waals surface area contributed by atoms with E-state index in [1.54, 1.807) is 12.1 Å². The first-order chi connectivity index (χ1) is 10.4. The fraction of sp³-hybridized carbons (Fsp3) is 0.400. The molecule has 1 aliphatic rings. The summed E-state index contributed by atoms with van der Waals surface area (Å²) in [6.45, 7) is 3.44. The normalized spacial score (nSPS) is 19.3. The molecule has 7 nitrogen and oxygen atoms in total. The largest absolute Gasteiger partial charge is 0.499 e. The molecule has 0 saturated heterocycles. The first-order valence-corrected chi connectivity index (χ1v) is 6.81. The first-order valence-electron chi connectivity index (χ1n) is 6.81. The molecule has 0 fully saturated rings. The standard InChI is InChI=1S/C15H18O7/c1-8(2)9-3-5-10(6-4-9)21-22-14-12(18)15(19)20-13(14)11(17)7-16/h3-6,8,11,13,16-18H,7H2,1-2H3/t11-,13+/m0/s1. The zero-order valence-corrected chi connectivity index (χ0v) is 12.2. The maximum absolute atomic E-state index is 11.3. The summed E-state index contributed by atoms with van der Waals surface area (Å²) in [6.07, 6.45) is -2.73. The zero-order valence-electron chi connectivity index (χ0n) is 12.2. The molecule has 2 rings (SSSR count). The number of rotatable bonds is 6. The molecule has 120 valence electrons. The summed E-state index contributed by atoms with van der Waals surface area (Å²) < 4.78 is 4.70. The van der Waals surface area contributed by atoms with Crippen LogP contribution >= 0.6 is 0 Å². The van der Waals surface area contributed by atoms with Crippen LogP contribution in [0.25, 0.3) is 0 Å². The van der Waals surface area contributed by atoms with Gasteiger partial charge in [0.25, 0.3) is 0 Å². The lowest BCUT2D eigenvalue weighted by molar-refractivity contribution is -0.190. The van der Waals surface area contributed by atoms with E-state index < -0.39 is 30.5 Å². The second kappa shape index (κ2) is 6.67. The molecule has 0 radical (unpaired) electrons. The van der Waals surface area contributed by atoms with Crippen LogP contribution in [0, 0.1) is 0 Å². The molecule has 1 aliphatic heterocycles. The first kappa shape index (κ1) is 16.1. The average molecular weight is 310 g/mol. The van der Waals surface area contributed by atoms with Crippen molar-refractivity contribution in [1.29, 1.82) is 0 Å². The second-order valence-corrected chi connectivity index (χ2v) is 5.18. The Bertz CT molecular complexity index is 562. The topological polar surface area (TPSA) is 105 Å². The number of carbonyl (C=O) groups excluding carboxylic acids is 1. The van der Waals surface area contributed by atoms with Crippen molar-refractivity contribution in [2.45, 2.75) is 32.0 Å². The van der Waals surface area contributed by atoms with Crippen LogP contribution in [0.1, 0.15) is 25.3 Å². The van der Waals surface area contributed by atoms with Crippen LogP contribution in [-0.2, 0) is 14.4 Å². The van der Waals surface area contributed by atoms with Gasteiger partial charge in [-0.05, 0) is 23.6 Å². The van der Waals surface area contributed by atoms with Gasteiger partial charge in [0, 0.05) is 0 Å². The minimum Gasteiger partial charge on any atom is -0.499 e. The molecule has 1 heterocycles. The smallest absolute Gasteiger partial charge is 0.378 e. The van der Waals surface area contributed by atoms with Crippen LogP contribution < -0.4 is 4.89 Å². The average Bonchev–Trinajstić information content (AvgIpc) is 2.80. The predicted molar refractivity (Wildman–Crippen MR) is 74.9 cm³/mol. The van der Waals surface area contributed by atoms with E-state index in [0.717, 1.165) is 5.56 Å². The van der Waals surface area contributed by atoms with Crippen LogP contribution in [0.15, 0.2) is 35.8 Å². The molecular formula is C15H18O7. The monoisotopic (exact) mass is 310 g/mol. The minimum absolute atomic E-state index is 0.348. The molecule has 0 saturated carbocycles. The van der Waals surface area contributed by atoms with Crippen LogP contribution in [-0.4, -0.2) is 40.1 Å². The SMILES string of the molecule is CC(C)c1ccc(OOC2=C(O)C(=O)O[C@@H]2[C@@H](O)CO)cc1. The number of hydrogen-bond donors (Lipinski definition) is 3. The third-order valence-corrected chi connectivity index (χ3v) is 3.23. The molecule has 0 aliphatic carbocycles. The van der Waals surface area contributed by atoms with Crippen molar-refractivity contribution in [3.8, 4) is 5.75 Å². The Morgan fingerprint density at radius 2 is 1.86 bits per heavy atom. The van der Waals surface area contributed by atoms with Crippen molar-refractivity contribution in [1.82, 2.24) is 0 Å². The molecule has 22 heavy (non-hydrogen) atoms. The van der Waals surface area contributed by atoms with Crippen molar-refractivity contribution in [2.24, 2.45) is 0 Å². The van der Waals surface area contributed by atoms with E-state index in [0.29, 0.717) is 11.7 Å². The molecule has 2 atom stereocenters. The molecule has 1 aromatic rings. The molecule has 0 bridgehead atoms. The van der Waals surface area contributed by atoms with E-state index in [1.807, 2.05) is 12.1 Å². The maximum atomic E-state index is 11.3. The lowest BCUT2D eigenvalue weighted by Crippen LogP contribution is -2.32. The van der Waals surface area contributed by atoms with Gasteiger partial charge in [0.2, 0.25) is 11.5 Å². The van der Waals surface area contributed by atoms with Gasteiger partial charge in [-0.3, -0.25) is 9.78 Å². The van der Waals surface area contributed by atoms with Crippen molar-refractivity contribution in [3.63, 3.8) is 0 Å². The third kappa shape index (κ3) is 3.32. The van der Waals surface area contributed by atoms with Crippen molar-refractivity contribution in [2.75, 3.05) is 6.61 Å². The van der Waals surface area contributed by atoms with E-state index in [2.05, 4.69) is 13.8 Å². The highest BCUT2D eigenvalue weighted by Crippen LogP contribution is 2.26. The highest BCUT2D eigenvalue weighted by atomic mass is 17.2. The lowest BCUT2D eigenvalue weighted by Gasteiger charge is -2.17. The number of hydrogen-bond acceptors (Lipinski definition) is 7. The summed E-state index contributed by atoms with van der Waals surface area (Å²) in [6, 6.07) is 7.05. The molecule has 0 unspecified atom stereocenters. The van der Waals surface area contributed by atoms with Crippen molar-refractivity contribution >= 4 is 5.97 Å². The van der Waals surface area contributed by atoms with Crippen molar-refractivity contribution < 1.29 is 34.6 Å². The van der Waals surface area contributed by atoms with E-state index in [-0.39, 0.29) is 5.76 Å². The van der Waals surface area contributed by atoms with Gasteiger partial charge in [0.05, 0.1) is 6.61 Å². The van der Waals surface area contributed by atoms with E-state index in [4.69, 9.17) is 19.6 Å². The van der Waals surface area contributed by atoms with Crippen LogP contribution in [0.5, 0.6) is 5.75 Å². The van der Waals surface area contributed by atoms with Gasteiger partial charge in [0.15, 0.2) is 11.9 Å². The van der Waals surface area contributed by atoms with Crippen LogP contribution in [0.3, 0.4) is 0 Å². The summed E-state index contributed by atoms with van der Waals surface area (Å²) in [7, 11) is 0. The third-order valence-electron chi connectivity index (χ3n) is 3.23. The van der Waals surface area contributed by atoms with Gasteiger partial charge in [-0.15, -0.1) is 0 Å². The molecule has 3 N–H and O–H groups in total. The molecule has 7 heteroatoms. The number of ether oxygens (including phenoxy) is 1. The zero-order chi connectivity index (χ0) is 16.3. The number of aliphatic hydroxyl groups is 3. The maximum Gasteiger partial charge on any atom is 0.378 e. The van der Waals surface area contributed by atoms with Gasteiger partial charge in [-0.1, -0.05) is 26.0 Å². The number of carbonyl (C=O) groups is 1. The fourth-order valence-corrected chi connectivity index (χ4v) is 1.90. The molecular weight excluding hydrogens is 292 g/mol. The molecule has 0 amide bonds. The van der Waals surface area contributed by atoms with Crippen LogP contribution in [0.2, 0.25) is 0 Å². The summed E-state index contributed by atoms with van der Waals surface area (Å²) in [5.41, 5.74) is 1.11. The summed E-state index contributed by atoms with van der Waals surface area (Å²) in [5, 5.41) is 28.0. The number of esters is 1. The van der Waals surface area contributed by atoms with Gasteiger partial charge in [0.1, 0.15) is 6.10 Å². The lowest BCUT2D eigenvalue weighted by atomic mass is 10.0. The summed E-state index contributed by atoms with van der Waals surface area (Å²) >= 11 is 0. The Morgan fingerprint density at radius 3 is 2.41 bits per heavy atom. The second-order valence-electron chi connectivity index (χ2n) is 5.18. The van der Waals surface area contributed by atoms with Gasteiger partial charge >= 0.3 is 5.97 Å².